The van der Waals surface area contributed by atoms with Crippen molar-refractivity contribution in [1.82, 2.24) is 10.2 Å². The van der Waals surface area contributed by atoms with Crippen molar-refractivity contribution in [2.24, 2.45) is 0 Å². The number of ether oxygens (including phenoxy) is 4. The zero-order valence-electron chi connectivity index (χ0n) is 20.3. The lowest BCUT2D eigenvalue weighted by Crippen LogP contribution is -2.35. The molecule has 35 heavy (non-hydrogen) atoms. The summed E-state index contributed by atoms with van der Waals surface area (Å²) >= 11 is 0. The van der Waals surface area contributed by atoms with E-state index in [1.165, 1.54) is 17.7 Å². The maximum absolute atomic E-state index is 11.8. The number of carbonyl (C=O) groups excluding carboxylic acids is 3. The predicted octanol–water partition coefficient (Wildman–Crippen LogP) is 0.780. The van der Waals surface area contributed by atoms with Crippen LogP contribution in [0.1, 0.15) is 24.0 Å². The van der Waals surface area contributed by atoms with Crippen LogP contribution in [0.5, 0.6) is 5.75 Å². The Kier molecular flexibility index (Phi) is 13.6. The molecule has 1 heterocycles. The van der Waals surface area contributed by atoms with Crippen molar-refractivity contribution >= 4 is 17.7 Å². The highest BCUT2D eigenvalue weighted by Crippen LogP contribution is 2.19. The molecule has 3 amide bonds. The van der Waals surface area contributed by atoms with Crippen LogP contribution in [-0.2, 0) is 35.0 Å². The van der Waals surface area contributed by atoms with Gasteiger partial charge in [-0.2, -0.15) is 0 Å². The second kappa shape index (κ2) is 16.8. The Hall–Kier alpha value is -2.79. The lowest BCUT2D eigenvalue weighted by atomic mass is 10.1. The van der Waals surface area contributed by atoms with Gasteiger partial charge in [-0.1, -0.05) is 12.1 Å². The summed E-state index contributed by atoms with van der Waals surface area (Å²) in [5.74, 6) is -0.221. The van der Waals surface area contributed by atoms with E-state index >= 15 is 0 Å². The molecule has 2 rings (SSSR count). The average molecular weight is 493 g/mol. The average Bonchev–Trinajstić information content (AvgIpc) is 3.17. The minimum Gasteiger partial charge on any atom is -0.491 e. The molecular formula is C25H36N2O8. The van der Waals surface area contributed by atoms with E-state index in [1.807, 2.05) is 19.1 Å². The number of benzene rings is 1. The number of rotatable bonds is 19. The molecule has 0 spiro atoms. The number of hydrogen-bond donors (Lipinski definition) is 2. The van der Waals surface area contributed by atoms with Crippen molar-refractivity contribution in [2.75, 3.05) is 65.9 Å². The zero-order chi connectivity index (χ0) is 25.3. The van der Waals surface area contributed by atoms with Gasteiger partial charge in [0.05, 0.1) is 39.6 Å². The van der Waals surface area contributed by atoms with Gasteiger partial charge in [-0.25, -0.2) is 0 Å². The third-order valence-electron chi connectivity index (χ3n) is 5.12. The quantitative estimate of drug-likeness (QED) is 0.215. The number of carbonyl (C=O) groups is 3. The summed E-state index contributed by atoms with van der Waals surface area (Å²) in [5, 5.41) is 11.5. The molecule has 10 nitrogen and oxygen atoms in total. The minimum atomic E-state index is -0.389. The van der Waals surface area contributed by atoms with Gasteiger partial charge >= 0.3 is 0 Å². The monoisotopic (exact) mass is 492 g/mol. The van der Waals surface area contributed by atoms with E-state index in [-0.39, 0.29) is 37.3 Å². The molecule has 0 saturated carbocycles. The van der Waals surface area contributed by atoms with Crippen molar-refractivity contribution in [1.29, 1.82) is 0 Å². The van der Waals surface area contributed by atoms with Crippen molar-refractivity contribution in [3.63, 3.8) is 0 Å². The minimum absolute atomic E-state index is 0.00358. The molecule has 0 radical (unpaired) electrons. The van der Waals surface area contributed by atoms with E-state index < -0.39 is 0 Å². The Bertz CT molecular complexity index is 825. The number of imide groups is 1. The van der Waals surface area contributed by atoms with Gasteiger partial charge in [-0.05, 0) is 37.0 Å². The molecule has 1 aromatic carbocycles. The molecule has 0 atom stereocenters. The second-order valence-electron chi connectivity index (χ2n) is 7.87. The second-order valence-corrected chi connectivity index (χ2v) is 7.87. The van der Waals surface area contributed by atoms with Gasteiger partial charge in [-0.15, -0.1) is 0 Å². The Balaban J connectivity index is 1.36. The van der Waals surface area contributed by atoms with Crippen LogP contribution in [0, 0.1) is 6.92 Å². The topological polar surface area (TPSA) is 124 Å². The maximum Gasteiger partial charge on any atom is 0.253 e. The first-order valence-corrected chi connectivity index (χ1v) is 11.9. The summed E-state index contributed by atoms with van der Waals surface area (Å²) in [7, 11) is 0. The Morgan fingerprint density at radius 1 is 0.943 bits per heavy atom. The predicted molar refractivity (Wildman–Crippen MR) is 128 cm³/mol. The number of nitrogens with zero attached hydrogens (tertiary/aromatic N) is 1. The fourth-order valence-electron chi connectivity index (χ4n) is 3.32. The van der Waals surface area contributed by atoms with E-state index in [4.69, 9.17) is 24.1 Å². The molecule has 10 heteroatoms. The number of hydrogen-bond acceptors (Lipinski definition) is 8. The van der Waals surface area contributed by atoms with Crippen LogP contribution in [0.15, 0.2) is 30.4 Å². The standard InChI is InChI=1S/C25H36N2O8/c1-20-19-21(4-5-22(20)35-14-11-28)3-2-12-32-15-17-34-18-16-33-13-9-26-23(29)8-10-27-24(30)6-7-25(27)31/h4-7,19,28H,2-3,8-18H2,1H3,(H,26,29). The fraction of sp³-hybridized carbons (Fsp3) is 0.560. The molecule has 0 fully saturated rings. The highest BCUT2D eigenvalue weighted by Gasteiger charge is 2.23. The largest absolute Gasteiger partial charge is 0.491 e. The zero-order valence-corrected chi connectivity index (χ0v) is 20.3. The number of amides is 3. The molecule has 1 aliphatic heterocycles. The molecule has 0 saturated heterocycles. The van der Waals surface area contributed by atoms with Crippen LogP contribution in [-0.4, -0.2) is 93.7 Å². The first-order valence-electron chi connectivity index (χ1n) is 11.9. The summed E-state index contributed by atoms with van der Waals surface area (Å²) in [6.45, 7) is 5.56. The summed E-state index contributed by atoms with van der Waals surface area (Å²) < 4.78 is 21.9. The Morgan fingerprint density at radius 3 is 2.26 bits per heavy atom. The summed E-state index contributed by atoms with van der Waals surface area (Å²) in [6, 6.07) is 6.06. The summed E-state index contributed by atoms with van der Waals surface area (Å²) in [4.78, 5) is 35.6. The molecule has 1 aliphatic rings. The van der Waals surface area contributed by atoms with Crippen LogP contribution in [0.4, 0.5) is 0 Å². The van der Waals surface area contributed by atoms with Crippen molar-refractivity contribution in [2.45, 2.75) is 26.2 Å². The van der Waals surface area contributed by atoms with Gasteiger partial charge in [0.15, 0.2) is 0 Å². The van der Waals surface area contributed by atoms with Crippen LogP contribution >= 0.6 is 0 Å². The van der Waals surface area contributed by atoms with Crippen molar-refractivity contribution in [3.8, 4) is 5.75 Å². The third-order valence-corrected chi connectivity index (χ3v) is 5.12. The lowest BCUT2D eigenvalue weighted by molar-refractivity contribution is -0.137. The van der Waals surface area contributed by atoms with E-state index in [0.717, 1.165) is 29.1 Å². The van der Waals surface area contributed by atoms with E-state index in [9.17, 15) is 14.4 Å². The number of aliphatic hydroxyl groups excluding tert-OH is 1. The van der Waals surface area contributed by atoms with E-state index in [1.54, 1.807) is 0 Å². The van der Waals surface area contributed by atoms with Gasteiger partial charge in [0, 0.05) is 38.3 Å². The first-order chi connectivity index (χ1) is 17.0. The molecule has 0 aliphatic carbocycles. The SMILES string of the molecule is Cc1cc(CCCOCCOCCOCCNC(=O)CCN2C(=O)C=CC2=O)ccc1OCCO. The highest BCUT2D eigenvalue weighted by molar-refractivity contribution is 6.13. The molecule has 0 bridgehead atoms. The third kappa shape index (κ3) is 11.5. The smallest absolute Gasteiger partial charge is 0.253 e. The van der Waals surface area contributed by atoms with Crippen LogP contribution < -0.4 is 10.1 Å². The number of nitrogens with one attached hydrogen (secondary N) is 1. The van der Waals surface area contributed by atoms with Crippen LogP contribution in [0.3, 0.4) is 0 Å². The van der Waals surface area contributed by atoms with Crippen molar-refractivity contribution in [3.05, 3.63) is 41.5 Å². The van der Waals surface area contributed by atoms with Gasteiger partial charge in [0.25, 0.3) is 11.8 Å². The molecular weight excluding hydrogens is 456 g/mol. The first kappa shape index (κ1) is 28.4. The highest BCUT2D eigenvalue weighted by atomic mass is 16.5. The van der Waals surface area contributed by atoms with Crippen LogP contribution in [0.25, 0.3) is 0 Å². The molecule has 1 aromatic rings. The fourth-order valence-corrected chi connectivity index (χ4v) is 3.32. The number of aliphatic hydroxyl groups is 1. The van der Waals surface area contributed by atoms with Gasteiger partial charge in [0.1, 0.15) is 12.4 Å². The number of aryl methyl sites for hydroxylation is 2. The lowest BCUT2D eigenvalue weighted by Gasteiger charge is -2.13. The van der Waals surface area contributed by atoms with E-state index in [0.29, 0.717) is 52.8 Å². The van der Waals surface area contributed by atoms with Gasteiger partial charge in [0.2, 0.25) is 5.91 Å². The normalized spacial score (nSPS) is 13.0. The van der Waals surface area contributed by atoms with Gasteiger partial charge in [-0.3, -0.25) is 19.3 Å². The molecule has 194 valence electrons. The Labute approximate surface area is 206 Å². The van der Waals surface area contributed by atoms with E-state index in [2.05, 4.69) is 11.4 Å². The molecule has 0 aromatic heterocycles. The molecule has 0 unspecified atom stereocenters. The Morgan fingerprint density at radius 2 is 1.60 bits per heavy atom. The molecule has 2 N–H and O–H groups in total. The summed E-state index contributed by atoms with van der Waals surface area (Å²) in [6.07, 6.45) is 4.28. The van der Waals surface area contributed by atoms with Crippen molar-refractivity contribution < 1.29 is 38.4 Å². The van der Waals surface area contributed by atoms with Crippen LogP contribution in [0.2, 0.25) is 0 Å². The summed E-state index contributed by atoms with van der Waals surface area (Å²) in [5.41, 5.74) is 2.28. The van der Waals surface area contributed by atoms with Gasteiger partial charge < -0.3 is 29.4 Å². The maximum atomic E-state index is 11.8.